The molecular weight excluding hydrogens is 1020 g/mol. The van der Waals surface area contributed by atoms with Gasteiger partial charge in [0.1, 0.15) is 0 Å². The van der Waals surface area contributed by atoms with Crippen molar-refractivity contribution in [2.24, 2.45) is 0 Å². The molecular formula is C83H68N2. The molecule has 14 aromatic rings. The summed E-state index contributed by atoms with van der Waals surface area (Å²) in [6.45, 7) is 18.4. The summed E-state index contributed by atoms with van der Waals surface area (Å²) in [6.07, 6.45) is 9.05. The molecule has 2 heterocycles. The van der Waals surface area contributed by atoms with Gasteiger partial charge in [0, 0.05) is 38.3 Å². The molecule has 1 aliphatic carbocycles. The first-order valence-electron chi connectivity index (χ1n) is 30.1. The maximum absolute atomic E-state index is 2.41. The summed E-state index contributed by atoms with van der Waals surface area (Å²) in [5, 5.41) is 10.0. The number of fused-ring (bicyclic) bond motifs is 11. The van der Waals surface area contributed by atoms with E-state index >= 15 is 0 Å². The van der Waals surface area contributed by atoms with Crippen molar-refractivity contribution in [2.75, 3.05) is 0 Å². The molecule has 12 aromatic carbocycles. The molecule has 15 rings (SSSR count). The molecule has 0 unspecified atom stereocenters. The third-order valence-electron chi connectivity index (χ3n) is 18.4. The van der Waals surface area contributed by atoms with Crippen molar-refractivity contribution in [1.82, 2.24) is 9.13 Å². The zero-order valence-electron chi connectivity index (χ0n) is 49.8. The van der Waals surface area contributed by atoms with Crippen LogP contribution in [0.15, 0.2) is 243 Å². The van der Waals surface area contributed by atoms with Crippen LogP contribution in [0, 0.1) is 0 Å². The van der Waals surface area contributed by atoms with Gasteiger partial charge in [0.15, 0.2) is 0 Å². The van der Waals surface area contributed by atoms with Gasteiger partial charge in [0.2, 0.25) is 0 Å². The van der Waals surface area contributed by atoms with Crippen LogP contribution in [0.1, 0.15) is 99.9 Å². The molecule has 0 N–H and O–H groups in total. The Morgan fingerprint density at radius 1 is 0.294 bits per heavy atom. The van der Waals surface area contributed by atoms with Crippen LogP contribution >= 0.6 is 0 Å². The Labute approximate surface area is 499 Å². The lowest BCUT2D eigenvalue weighted by Gasteiger charge is -2.22. The van der Waals surface area contributed by atoms with Crippen LogP contribution in [0.2, 0.25) is 0 Å². The average Bonchev–Trinajstić information content (AvgIpc) is 1.75. The molecule has 85 heavy (non-hydrogen) atoms. The molecule has 0 radical (unpaired) electrons. The van der Waals surface area contributed by atoms with E-state index in [9.17, 15) is 0 Å². The normalized spacial score (nSPS) is 13.4. The van der Waals surface area contributed by atoms with Crippen LogP contribution < -0.4 is 0 Å². The molecule has 0 bridgehead atoms. The summed E-state index contributed by atoms with van der Waals surface area (Å²) in [7, 11) is 0. The van der Waals surface area contributed by atoms with E-state index in [2.05, 4.69) is 331 Å². The van der Waals surface area contributed by atoms with E-state index in [0.29, 0.717) is 0 Å². The van der Waals surface area contributed by atoms with Crippen LogP contribution in [0.5, 0.6) is 0 Å². The predicted octanol–water partition coefficient (Wildman–Crippen LogP) is 22.8. The van der Waals surface area contributed by atoms with E-state index in [-0.39, 0.29) is 16.2 Å². The van der Waals surface area contributed by atoms with E-state index in [0.717, 1.165) is 0 Å². The van der Waals surface area contributed by atoms with Gasteiger partial charge in [-0.15, -0.1) is 0 Å². The zero-order chi connectivity index (χ0) is 57.9. The SMILES string of the molecule is CC(C)(C)c1ccc(-n2c3ccccc3c3cc(-c4ccc5cc(C=Cc6ccc7c(c6)C(C)(C)c6cc(C=Cc8ccc9cc(-c%10ccc%11c(c%10)c%10ccccc%10n%11-c%10ccc(C(C)(C)C)cc%10)ccc9c8)ccc6-7)ccc5c4)ccc32)cc1. The Bertz CT molecular complexity index is 4750. The second kappa shape index (κ2) is 19.7. The van der Waals surface area contributed by atoms with E-state index in [4.69, 9.17) is 0 Å². The minimum atomic E-state index is -0.139. The molecule has 0 fully saturated rings. The van der Waals surface area contributed by atoms with Gasteiger partial charge in [-0.05, 0) is 195 Å². The highest BCUT2D eigenvalue weighted by atomic mass is 15.0. The van der Waals surface area contributed by atoms with Crippen molar-refractivity contribution in [3.05, 3.63) is 287 Å². The first-order chi connectivity index (χ1) is 41.1. The molecule has 0 amide bonds. The van der Waals surface area contributed by atoms with Gasteiger partial charge in [-0.2, -0.15) is 0 Å². The summed E-state index contributed by atoms with van der Waals surface area (Å²) < 4.78 is 4.81. The largest absolute Gasteiger partial charge is 0.309 e. The maximum atomic E-state index is 2.41. The van der Waals surface area contributed by atoms with Gasteiger partial charge in [-0.25, -0.2) is 0 Å². The Morgan fingerprint density at radius 3 is 1.04 bits per heavy atom. The second-order valence-corrected chi connectivity index (χ2v) is 26.3. The van der Waals surface area contributed by atoms with Crippen LogP contribution in [0.3, 0.4) is 0 Å². The molecule has 410 valence electrons. The first kappa shape index (κ1) is 52.1. The summed E-state index contributed by atoms with van der Waals surface area (Å²) in [6, 6.07) is 91.1. The van der Waals surface area contributed by atoms with Crippen molar-refractivity contribution in [2.45, 2.75) is 71.6 Å². The lowest BCUT2D eigenvalue weighted by molar-refractivity contribution is 0.590. The van der Waals surface area contributed by atoms with Crippen LogP contribution in [-0.2, 0) is 16.2 Å². The number of aromatic nitrogens is 2. The maximum Gasteiger partial charge on any atom is 0.0541 e. The summed E-state index contributed by atoms with van der Waals surface area (Å²) in [5.74, 6) is 0. The summed E-state index contributed by atoms with van der Waals surface area (Å²) in [4.78, 5) is 0. The van der Waals surface area contributed by atoms with E-state index < -0.39 is 0 Å². The lowest BCUT2D eigenvalue weighted by atomic mass is 9.81. The standard InChI is InChI=1S/C83H68N2/c1-81(2,3)65-33-37-67(38-34-65)84-77-15-11-9-13-71(77)73-51-63(31-43-79(73)84)61-29-27-57-45-53(21-25-59(57)49-61)17-19-55-23-41-69-70-42-24-56(48-76(70)83(7,8)75(69)47-55)20-18-54-22-26-60-50-62(30-28-58(60)46-54)64-32-44-80-74(52-64)72-14-10-12-16-78(72)85(80)68-39-35-66(36-40-68)82(4,5)6/h9-52H,1-8H3. The second-order valence-electron chi connectivity index (χ2n) is 26.3. The number of para-hydroxylation sites is 2. The topological polar surface area (TPSA) is 9.86 Å². The highest BCUT2D eigenvalue weighted by Crippen LogP contribution is 2.50. The number of hydrogen-bond donors (Lipinski definition) is 0. The average molecular weight is 1090 g/mol. The quantitative estimate of drug-likeness (QED) is 0.134. The number of nitrogens with zero attached hydrogens (tertiary/aromatic N) is 2. The number of benzene rings is 12. The van der Waals surface area contributed by atoms with Crippen LogP contribution in [0.25, 0.3) is 134 Å². The third-order valence-corrected chi connectivity index (χ3v) is 18.4. The molecule has 0 atom stereocenters. The minimum Gasteiger partial charge on any atom is -0.309 e. The molecule has 0 saturated carbocycles. The highest BCUT2D eigenvalue weighted by Gasteiger charge is 2.35. The fourth-order valence-electron chi connectivity index (χ4n) is 13.5. The van der Waals surface area contributed by atoms with Gasteiger partial charge < -0.3 is 9.13 Å². The Morgan fingerprint density at radius 2 is 0.624 bits per heavy atom. The molecule has 0 spiro atoms. The summed E-state index contributed by atoms with van der Waals surface area (Å²) in [5.41, 5.74) is 25.1. The van der Waals surface area contributed by atoms with E-state index in [1.807, 2.05) is 0 Å². The predicted molar refractivity (Wildman–Crippen MR) is 367 cm³/mol. The van der Waals surface area contributed by atoms with Crippen molar-refractivity contribution in [1.29, 1.82) is 0 Å². The van der Waals surface area contributed by atoms with Crippen molar-refractivity contribution < 1.29 is 0 Å². The molecule has 0 saturated heterocycles. The van der Waals surface area contributed by atoms with Crippen LogP contribution in [-0.4, -0.2) is 9.13 Å². The number of rotatable bonds is 8. The molecule has 2 heteroatoms. The number of hydrogen-bond acceptors (Lipinski definition) is 0. The molecule has 2 aromatic heterocycles. The van der Waals surface area contributed by atoms with Crippen LogP contribution in [0.4, 0.5) is 0 Å². The highest BCUT2D eigenvalue weighted by molar-refractivity contribution is 6.12. The Hall–Kier alpha value is -9.76. The Kier molecular flexibility index (Phi) is 12.1. The molecule has 0 aliphatic heterocycles. The smallest absolute Gasteiger partial charge is 0.0541 e. The third kappa shape index (κ3) is 9.11. The Balaban J connectivity index is 0.638. The summed E-state index contributed by atoms with van der Waals surface area (Å²) >= 11 is 0. The zero-order valence-corrected chi connectivity index (χ0v) is 49.8. The van der Waals surface area contributed by atoms with Crippen molar-refractivity contribution in [3.63, 3.8) is 0 Å². The van der Waals surface area contributed by atoms with Gasteiger partial charge in [-0.1, -0.05) is 237 Å². The first-order valence-corrected chi connectivity index (χ1v) is 30.1. The van der Waals surface area contributed by atoms with Gasteiger partial charge >= 0.3 is 0 Å². The van der Waals surface area contributed by atoms with Gasteiger partial charge in [0.05, 0.1) is 22.1 Å². The fraction of sp³-hybridized carbons (Fsp3) is 0.133. The molecule has 2 nitrogen and oxygen atoms in total. The van der Waals surface area contributed by atoms with E-state index in [1.165, 1.54) is 154 Å². The van der Waals surface area contributed by atoms with Crippen molar-refractivity contribution in [3.8, 4) is 44.8 Å². The van der Waals surface area contributed by atoms with Gasteiger partial charge in [-0.3, -0.25) is 0 Å². The van der Waals surface area contributed by atoms with E-state index in [1.54, 1.807) is 0 Å². The molecule has 1 aliphatic rings. The lowest BCUT2D eigenvalue weighted by Crippen LogP contribution is -2.15. The van der Waals surface area contributed by atoms with Crippen molar-refractivity contribution >= 4 is 89.5 Å². The van der Waals surface area contributed by atoms with Gasteiger partial charge in [0.25, 0.3) is 0 Å². The fourth-order valence-corrected chi connectivity index (χ4v) is 13.5. The monoisotopic (exact) mass is 1090 g/mol. The minimum absolute atomic E-state index is 0.108.